The maximum absolute atomic E-state index is 12.3. The number of nitrogens with zero attached hydrogens (tertiary/aromatic N) is 1. The molecule has 112 valence electrons. The molecule has 0 saturated carbocycles. The Hall–Kier alpha value is -1.39. The van der Waals surface area contributed by atoms with E-state index in [0.717, 1.165) is 18.6 Å². The molecule has 1 aromatic carbocycles. The fraction of sp³-hybridized carbons (Fsp3) is 0.562. The predicted octanol–water partition coefficient (Wildman–Crippen LogP) is 2.14. The van der Waals surface area contributed by atoms with Gasteiger partial charge < -0.3 is 10.1 Å². The maximum Gasteiger partial charge on any atom is 0.241 e. The third-order valence-corrected chi connectivity index (χ3v) is 3.09. The van der Waals surface area contributed by atoms with Crippen LogP contribution in [0.2, 0.25) is 0 Å². The van der Waals surface area contributed by atoms with Gasteiger partial charge in [-0.2, -0.15) is 0 Å². The molecule has 4 nitrogen and oxygen atoms in total. The van der Waals surface area contributed by atoms with E-state index < -0.39 is 0 Å². The Balaban J connectivity index is 2.60. The molecule has 0 saturated heterocycles. The molecular weight excluding hydrogens is 252 g/mol. The second kappa shape index (κ2) is 8.72. The number of ether oxygens (including phenoxy) is 1. The summed E-state index contributed by atoms with van der Waals surface area (Å²) in [5.41, 5.74) is 2.19. The van der Waals surface area contributed by atoms with Crippen molar-refractivity contribution >= 4 is 5.91 Å². The van der Waals surface area contributed by atoms with E-state index in [1.807, 2.05) is 51.0 Å². The van der Waals surface area contributed by atoms with Gasteiger partial charge in [0.15, 0.2) is 0 Å². The number of nitrogens with one attached hydrogen (secondary N) is 1. The molecule has 0 aliphatic rings. The van der Waals surface area contributed by atoms with Gasteiger partial charge in [-0.25, -0.2) is 0 Å². The number of rotatable bonds is 8. The quantitative estimate of drug-likeness (QED) is 0.741. The average molecular weight is 278 g/mol. The minimum Gasteiger partial charge on any atom is -0.382 e. The van der Waals surface area contributed by atoms with Crippen molar-refractivity contribution in [2.75, 3.05) is 33.9 Å². The van der Waals surface area contributed by atoms with Crippen molar-refractivity contribution in [2.45, 2.75) is 26.3 Å². The number of hydrogen-bond acceptors (Lipinski definition) is 3. The number of carbonyl (C=O) groups excluding carboxylic acids is 1. The molecule has 20 heavy (non-hydrogen) atoms. The zero-order chi connectivity index (χ0) is 15.0. The predicted molar refractivity (Wildman–Crippen MR) is 81.7 cm³/mol. The Morgan fingerprint density at radius 3 is 2.75 bits per heavy atom. The molecule has 1 atom stereocenters. The monoisotopic (exact) mass is 278 g/mol. The summed E-state index contributed by atoms with van der Waals surface area (Å²) in [6, 6.07) is 7.84. The summed E-state index contributed by atoms with van der Waals surface area (Å²) < 4.78 is 5.26. The van der Waals surface area contributed by atoms with Gasteiger partial charge in [-0.05, 0) is 39.9 Å². The molecule has 0 bridgehead atoms. The minimum absolute atomic E-state index is 0.0390. The molecule has 0 heterocycles. The lowest BCUT2D eigenvalue weighted by Crippen LogP contribution is -2.37. The summed E-state index contributed by atoms with van der Waals surface area (Å²) in [7, 11) is 3.85. The van der Waals surface area contributed by atoms with E-state index in [1.54, 1.807) is 0 Å². The fourth-order valence-electron chi connectivity index (χ4n) is 2.15. The molecule has 1 amide bonds. The van der Waals surface area contributed by atoms with Gasteiger partial charge in [-0.3, -0.25) is 9.69 Å². The highest BCUT2D eigenvalue weighted by atomic mass is 16.5. The summed E-state index contributed by atoms with van der Waals surface area (Å²) in [6.07, 6.45) is 0.841. The lowest BCUT2D eigenvalue weighted by molar-refractivity contribution is -0.125. The largest absolute Gasteiger partial charge is 0.382 e. The SMILES string of the molecule is CCOCCCNC(=O)C(c1cccc(C)c1)N(C)C. The first-order chi connectivity index (χ1) is 9.56. The molecule has 0 radical (unpaired) electrons. The Morgan fingerprint density at radius 2 is 2.15 bits per heavy atom. The van der Waals surface area contributed by atoms with E-state index >= 15 is 0 Å². The smallest absolute Gasteiger partial charge is 0.241 e. The van der Waals surface area contributed by atoms with E-state index in [4.69, 9.17) is 4.74 Å². The van der Waals surface area contributed by atoms with Crippen LogP contribution in [0.5, 0.6) is 0 Å². The molecule has 1 rings (SSSR count). The summed E-state index contributed by atoms with van der Waals surface area (Å²) in [6.45, 7) is 6.06. The van der Waals surface area contributed by atoms with Crippen molar-refractivity contribution in [2.24, 2.45) is 0 Å². The third kappa shape index (κ3) is 5.31. The van der Waals surface area contributed by atoms with Gasteiger partial charge in [0, 0.05) is 19.8 Å². The number of hydrogen-bond donors (Lipinski definition) is 1. The third-order valence-electron chi connectivity index (χ3n) is 3.09. The van der Waals surface area contributed by atoms with Crippen molar-refractivity contribution in [1.82, 2.24) is 10.2 Å². The van der Waals surface area contributed by atoms with Crippen molar-refractivity contribution < 1.29 is 9.53 Å². The number of carbonyl (C=O) groups is 1. The molecular formula is C16H26N2O2. The van der Waals surface area contributed by atoms with E-state index in [2.05, 4.69) is 11.4 Å². The molecule has 1 N–H and O–H groups in total. The normalized spacial score (nSPS) is 12.4. The van der Waals surface area contributed by atoms with Gasteiger partial charge in [0.2, 0.25) is 5.91 Å². The van der Waals surface area contributed by atoms with Crippen LogP contribution < -0.4 is 5.32 Å². The van der Waals surface area contributed by atoms with Crippen molar-refractivity contribution in [3.63, 3.8) is 0 Å². The van der Waals surface area contributed by atoms with Crippen LogP contribution in [0.3, 0.4) is 0 Å². The van der Waals surface area contributed by atoms with Crippen LogP contribution in [0.15, 0.2) is 24.3 Å². The summed E-state index contributed by atoms with van der Waals surface area (Å²) >= 11 is 0. The Bertz CT molecular complexity index is 419. The number of amides is 1. The van der Waals surface area contributed by atoms with Crippen LogP contribution in [-0.4, -0.2) is 44.7 Å². The molecule has 0 aliphatic heterocycles. The fourth-order valence-corrected chi connectivity index (χ4v) is 2.15. The van der Waals surface area contributed by atoms with Crippen LogP contribution in [0.1, 0.15) is 30.5 Å². The summed E-state index contributed by atoms with van der Waals surface area (Å²) in [5.74, 6) is 0.0390. The standard InChI is InChI=1S/C16H26N2O2/c1-5-20-11-7-10-17-16(19)15(18(3)4)14-9-6-8-13(2)12-14/h6,8-9,12,15H,5,7,10-11H2,1-4H3,(H,17,19). The lowest BCUT2D eigenvalue weighted by atomic mass is 10.0. The van der Waals surface area contributed by atoms with E-state index in [9.17, 15) is 4.79 Å². The average Bonchev–Trinajstić information content (AvgIpc) is 2.38. The van der Waals surface area contributed by atoms with Gasteiger partial charge in [0.1, 0.15) is 6.04 Å². The second-order valence-corrected chi connectivity index (χ2v) is 5.12. The van der Waals surface area contributed by atoms with Gasteiger partial charge >= 0.3 is 0 Å². The molecule has 0 spiro atoms. The summed E-state index contributed by atoms with van der Waals surface area (Å²) in [5, 5.41) is 2.98. The zero-order valence-electron chi connectivity index (χ0n) is 13.0. The first-order valence-electron chi connectivity index (χ1n) is 7.14. The highest BCUT2D eigenvalue weighted by Crippen LogP contribution is 2.19. The van der Waals surface area contributed by atoms with E-state index in [1.165, 1.54) is 5.56 Å². The molecule has 1 unspecified atom stereocenters. The van der Waals surface area contributed by atoms with Gasteiger partial charge in [0.05, 0.1) is 0 Å². The van der Waals surface area contributed by atoms with Gasteiger partial charge in [-0.15, -0.1) is 0 Å². The van der Waals surface area contributed by atoms with E-state index in [-0.39, 0.29) is 11.9 Å². The second-order valence-electron chi connectivity index (χ2n) is 5.12. The lowest BCUT2D eigenvalue weighted by Gasteiger charge is -2.24. The van der Waals surface area contributed by atoms with Crippen LogP contribution in [0, 0.1) is 6.92 Å². The molecule has 0 aliphatic carbocycles. The maximum atomic E-state index is 12.3. The van der Waals surface area contributed by atoms with E-state index in [0.29, 0.717) is 13.2 Å². The molecule has 4 heteroatoms. The van der Waals surface area contributed by atoms with Crippen LogP contribution in [0.4, 0.5) is 0 Å². The summed E-state index contributed by atoms with van der Waals surface area (Å²) in [4.78, 5) is 14.3. The number of likely N-dealkylation sites (N-methyl/N-ethyl adjacent to an activating group) is 1. The Kier molecular flexibility index (Phi) is 7.26. The van der Waals surface area contributed by atoms with Gasteiger partial charge in [-0.1, -0.05) is 29.8 Å². The molecule has 0 aromatic heterocycles. The zero-order valence-corrected chi connectivity index (χ0v) is 13.0. The van der Waals surface area contributed by atoms with Crippen molar-refractivity contribution in [3.05, 3.63) is 35.4 Å². The van der Waals surface area contributed by atoms with Crippen LogP contribution in [-0.2, 0) is 9.53 Å². The Labute approximate surface area is 122 Å². The highest BCUT2D eigenvalue weighted by Gasteiger charge is 2.22. The van der Waals surface area contributed by atoms with Crippen molar-refractivity contribution in [3.8, 4) is 0 Å². The van der Waals surface area contributed by atoms with Crippen LogP contribution >= 0.6 is 0 Å². The number of aryl methyl sites for hydroxylation is 1. The molecule has 1 aromatic rings. The minimum atomic E-state index is -0.248. The first kappa shape index (κ1) is 16.7. The van der Waals surface area contributed by atoms with Gasteiger partial charge in [0.25, 0.3) is 0 Å². The van der Waals surface area contributed by atoms with Crippen LogP contribution in [0.25, 0.3) is 0 Å². The first-order valence-corrected chi connectivity index (χ1v) is 7.14. The Morgan fingerprint density at radius 1 is 1.40 bits per heavy atom. The molecule has 0 fully saturated rings. The highest BCUT2D eigenvalue weighted by molar-refractivity contribution is 5.83. The van der Waals surface area contributed by atoms with Crippen molar-refractivity contribution in [1.29, 1.82) is 0 Å². The topological polar surface area (TPSA) is 41.6 Å². The number of benzene rings is 1.